The van der Waals surface area contributed by atoms with Crippen LogP contribution in [0.4, 0.5) is 0 Å². The molecule has 0 aromatic heterocycles. The first-order valence-electron chi connectivity index (χ1n) is 7.87. The maximum Gasteiger partial charge on any atom is 0.0344 e. The molecule has 1 saturated heterocycles. The summed E-state index contributed by atoms with van der Waals surface area (Å²) >= 11 is 0. The molecule has 1 heterocycles. The lowest BCUT2D eigenvalue weighted by atomic mass is 9.82. The van der Waals surface area contributed by atoms with Gasteiger partial charge in [-0.2, -0.15) is 0 Å². The fourth-order valence-corrected chi connectivity index (χ4v) is 3.64. The van der Waals surface area contributed by atoms with Crippen LogP contribution in [0.5, 0.6) is 0 Å². The van der Waals surface area contributed by atoms with E-state index in [2.05, 4.69) is 23.8 Å². The highest BCUT2D eigenvalue weighted by Crippen LogP contribution is 2.34. The standard InChI is InChI=1S/C15H31N3/c1-3-10-18-11-5-8-15(13-16,9-12-18)17(2)14-6-4-7-14/h14H,3-13,16H2,1-2H3. The van der Waals surface area contributed by atoms with Crippen LogP contribution in [-0.2, 0) is 0 Å². The number of likely N-dealkylation sites (tertiary alicyclic amines) is 1. The van der Waals surface area contributed by atoms with Crippen LogP contribution in [0.15, 0.2) is 0 Å². The van der Waals surface area contributed by atoms with Crippen molar-refractivity contribution in [3.63, 3.8) is 0 Å². The lowest BCUT2D eigenvalue weighted by Crippen LogP contribution is -2.58. The van der Waals surface area contributed by atoms with Crippen LogP contribution in [0.1, 0.15) is 51.9 Å². The van der Waals surface area contributed by atoms with E-state index in [-0.39, 0.29) is 5.54 Å². The van der Waals surface area contributed by atoms with Gasteiger partial charge in [-0.05, 0) is 65.2 Å². The molecule has 106 valence electrons. The highest BCUT2D eigenvalue weighted by molar-refractivity contribution is 4.97. The molecule has 0 bridgehead atoms. The summed E-state index contributed by atoms with van der Waals surface area (Å²) in [6.07, 6.45) is 9.32. The number of rotatable bonds is 5. The Hall–Kier alpha value is -0.120. The van der Waals surface area contributed by atoms with E-state index in [4.69, 9.17) is 5.73 Å². The van der Waals surface area contributed by atoms with E-state index in [1.165, 1.54) is 64.6 Å². The highest BCUT2D eigenvalue weighted by atomic mass is 15.2. The molecule has 0 aromatic rings. The van der Waals surface area contributed by atoms with Crippen molar-refractivity contribution in [3.05, 3.63) is 0 Å². The second-order valence-corrected chi connectivity index (χ2v) is 6.32. The minimum Gasteiger partial charge on any atom is -0.329 e. The Labute approximate surface area is 113 Å². The van der Waals surface area contributed by atoms with Crippen molar-refractivity contribution in [1.29, 1.82) is 0 Å². The molecule has 1 aliphatic carbocycles. The molecule has 0 aromatic carbocycles. The number of nitrogens with two attached hydrogens (primary N) is 1. The van der Waals surface area contributed by atoms with Crippen LogP contribution in [0.3, 0.4) is 0 Å². The summed E-state index contributed by atoms with van der Waals surface area (Å²) in [6, 6.07) is 0.811. The monoisotopic (exact) mass is 253 g/mol. The van der Waals surface area contributed by atoms with E-state index in [0.717, 1.165) is 12.6 Å². The minimum atomic E-state index is 0.285. The molecule has 3 heteroatoms. The topological polar surface area (TPSA) is 32.5 Å². The average molecular weight is 253 g/mol. The summed E-state index contributed by atoms with van der Waals surface area (Å²) < 4.78 is 0. The van der Waals surface area contributed by atoms with Gasteiger partial charge >= 0.3 is 0 Å². The molecule has 18 heavy (non-hydrogen) atoms. The van der Waals surface area contributed by atoms with Gasteiger partial charge in [0.15, 0.2) is 0 Å². The van der Waals surface area contributed by atoms with Crippen molar-refractivity contribution in [1.82, 2.24) is 9.80 Å². The van der Waals surface area contributed by atoms with Gasteiger partial charge in [0, 0.05) is 18.1 Å². The quantitative estimate of drug-likeness (QED) is 0.814. The number of hydrogen-bond donors (Lipinski definition) is 1. The van der Waals surface area contributed by atoms with Gasteiger partial charge in [0.05, 0.1) is 0 Å². The molecule has 2 N–H and O–H groups in total. The fraction of sp³-hybridized carbons (Fsp3) is 1.00. The molecule has 0 spiro atoms. The van der Waals surface area contributed by atoms with Crippen LogP contribution in [0.2, 0.25) is 0 Å². The largest absolute Gasteiger partial charge is 0.329 e. The zero-order valence-corrected chi connectivity index (χ0v) is 12.3. The van der Waals surface area contributed by atoms with Crippen molar-refractivity contribution >= 4 is 0 Å². The third kappa shape index (κ3) is 2.89. The maximum absolute atomic E-state index is 6.18. The number of hydrogen-bond acceptors (Lipinski definition) is 3. The van der Waals surface area contributed by atoms with Crippen LogP contribution >= 0.6 is 0 Å². The summed E-state index contributed by atoms with van der Waals surface area (Å²) in [5.41, 5.74) is 6.47. The average Bonchev–Trinajstić information content (AvgIpc) is 2.51. The van der Waals surface area contributed by atoms with Crippen LogP contribution in [-0.4, -0.2) is 54.6 Å². The van der Waals surface area contributed by atoms with Crippen molar-refractivity contribution < 1.29 is 0 Å². The van der Waals surface area contributed by atoms with E-state index >= 15 is 0 Å². The molecule has 2 fully saturated rings. The fourth-order valence-electron chi connectivity index (χ4n) is 3.64. The molecule has 1 unspecified atom stereocenters. The molecular formula is C15H31N3. The third-order valence-electron chi connectivity index (χ3n) is 5.30. The summed E-state index contributed by atoms with van der Waals surface area (Å²) in [4.78, 5) is 5.28. The van der Waals surface area contributed by atoms with Gasteiger partial charge in [0.1, 0.15) is 0 Å². The molecule has 2 aliphatic rings. The van der Waals surface area contributed by atoms with Crippen molar-refractivity contribution in [2.75, 3.05) is 33.2 Å². The van der Waals surface area contributed by atoms with E-state index in [9.17, 15) is 0 Å². The molecular weight excluding hydrogens is 222 g/mol. The second-order valence-electron chi connectivity index (χ2n) is 6.32. The predicted octanol–water partition coefficient (Wildman–Crippen LogP) is 2.06. The van der Waals surface area contributed by atoms with E-state index < -0.39 is 0 Å². The molecule has 0 radical (unpaired) electrons. The highest BCUT2D eigenvalue weighted by Gasteiger charge is 2.39. The van der Waals surface area contributed by atoms with Crippen molar-refractivity contribution in [3.8, 4) is 0 Å². The molecule has 1 atom stereocenters. The van der Waals surface area contributed by atoms with Gasteiger partial charge in [-0.15, -0.1) is 0 Å². The normalized spacial score (nSPS) is 31.3. The Kier molecular flexibility index (Phi) is 5.05. The molecule has 2 rings (SSSR count). The predicted molar refractivity (Wildman–Crippen MR) is 77.8 cm³/mol. The molecule has 1 saturated carbocycles. The number of nitrogens with zero attached hydrogens (tertiary/aromatic N) is 2. The Morgan fingerprint density at radius 2 is 2.00 bits per heavy atom. The Morgan fingerprint density at radius 1 is 1.22 bits per heavy atom. The second kappa shape index (κ2) is 6.36. The number of likely N-dealkylation sites (N-methyl/N-ethyl adjacent to an activating group) is 1. The van der Waals surface area contributed by atoms with Gasteiger partial charge in [-0.25, -0.2) is 0 Å². The van der Waals surface area contributed by atoms with Crippen molar-refractivity contribution in [2.45, 2.75) is 63.5 Å². The van der Waals surface area contributed by atoms with E-state index in [0.29, 0.717) is 0 Å². The smallest absolute Gasteiger partial charge is 0.0344 e. The zero-order valence-electron chi connectivity index (χ0n) is 12.3. The lowest BCUT2D eigenvalue weighted by molar-refractivity contribution is 0.0275. The summed E-state index contributed by atoms with van der Waals surface area (Å²) in [7, 11) is 2.33. The first-order chi connectivity index (χ1) is 8.72. The van der Waals surface area contributed by atoms with Gasteiger partial charge in [-0.3, -0.25) is 4.90 Å². The summed E-state index contributed by atoms with van der Waals surface area (Å²) in [5.74, 6) is 0. The van der Waals surface area contributed by atoms with Gasteiger partial charge in [0.2, 0.25) is 0 Å². The first kappa shape index (κ1) is 14.3. The van der Waals surface area contributed by atoms with Crippen LogP contribution in [0.25, 0.3) is 0 Å². The SMILES string of the molecule is CCCN1CCCC(CN)(N(C)C2CCC2)CC1. The maximum atomic E-state index is 6.18. The van der Waals surface area contributed by atoms with E-state index in [1.807, 2.05) is 0 Å². The Bertz CT molecular complexity index is 252. The third-order valence-corrected chi connectivity index (χ3v) is 5.30. The first-order valence-corrected chi connectivity index (χ1v) is 7.87. The zero-order chi connectivity index (χ0) is 13.0. The molecule has 1 aliphatic heterocycles. The molecule has 3 nitrogen and oxygen atoms in total. The van der Waals surface area contributed by atoms with Gasteiger partial charge in [-0.1, -0.05) is 13.3 Å². The van der Waals surface area contributed by atoms with Gasteiger partial charge in [0.25, 0.3) is 0 Å². The van der Waals surface area contributed by atoms with Gasteiger partial charge < -0.3 is 10.6 Å². The van der Waals surface area contributed by atoms with Crippen molar-refractivity contribution in [2.24, 2.45) is 5.73 Å². The van der Waals surface area contributed by atoms with Crippen LogP contribution in [0, 0.1) is 0 Å². The Balaban J connectivity index is 1.98. The molecule has 0 amide bonds. The van der Waals surface area contributed by atoms with Crippen LogP contribution < -0.4 is 5.73 Å². The summed E-state index contributed by atoms with van der Waals surface area (Å²) in [6.45, 7) is 6.88. The lowest BCUT2D eigenvalue weighted by Gasteiger charge is -2.48. The Morgan fingerprint density at radius 3 is 2.56 bits per heavy atom. The minimum absolute atomic E-state index is 0.285. The van der Waals surface area contributed by atoms with E-state index in [1.54, 1.807) is 0 Å². The summed E-state index contributed by atoms with van der Waals surface area (Å²) in [5, 5.41) is 0.